The van der Waals surface area contributed by atoms with E-state index in [-0.39, 0.29) is 12.6 Å². The van der Waals surface area contributed by atoms with Crippen molar-refractivity contribution in [3.05, 3.63) is 24.3 Å². The van der Waals surface area contributed by atoms with Crippen LogP contribution in [0.4, 0.5) is 0 Å². The summed E-state index contributed by atoms with van der Waals surface area (Å²) in [6, 6.07) is 0. The van der Waals surface area contributed by atoms with Crippen molar-refractivity contribution in [1.82, 2.24) is 0 Å². The molecule has 0 heterocycles. The van der Waals surface area contributed by atoms with Crippen molar-refractivity contribution in [3.8, 4) is 0 Å². The second-order valence-electron chi connectivity index (χ2n) is 17.5. The SMILES string of the molecule is CCCCCCCOC(C=CCCC(OCCCCCCC)OCCCCCCC)OC(C=CCCC(OCCCCCCC)OCCCCCCC)OCCCCCCC. The van der Waals surface area contributed by atoms with Crippen LogP contribution >= 0.6 is 0 Å². The highest BCUT2D eigenvalue weighted by atomic mass is 16.8. The third kappa shape index (κ3) is 45.6. The molecule has 0 aromatic carbocycles. The predicted molar refractivity (Wildman–Crippen MR) is 261 cm³/mol. The summed E-state index contributed by atoms with van der Waals surface area (Å²) in [4.78, 5) is 0. The summed E-state index contributed by atoms with van der Waals surface area (Å²) in [6.45, 7) is 18.0. The zero-order valence-corrected chi connectivity index (χ0v) is 41.8. The van der Waals surface area contributed by atoms with E-state index in [4.69, 9.17) is 33.2 Å². The molecule has 0 saturated heterocycles. The smallest absolute Gasteiger partial charge is 0.180 e. The van der Waals surface area contributed by atoms with Crippen LogP contribution in [0.2, 0.25) is 0 Å². The Morgan fingerprint density at radius 3 is 0.754 bits per heavy atom. The molecule has 61 heavy (non-hydrogen) atoms. The molecule has 0 radical (unpaired) electrons. The molecule has 0 aromatic heterocycles. The van der Waals surface area contributed by atoms with Gasteiger partial charge in [0, 0.05) is 39.3 Å². The maximum Gasteiger partial charge on any atom is 0.180 e. The van der Waals surface area contributed by atoms with E-state index in [0.29, 0.717) is 13.2 Å². The Hall–Kier alpha value is -0.800. The molecule has 0 amide bonds. The molecular formula is C54H106O7. The predicted octanol–water partition coefficient (Wildman–Crippen LogP) is 16.9. The molecule has 0 spiro atoms. The second-order valence-corrected chi connectivity index (χ2v) is 17.5. The van der Waals surface area contributed by atoms with Crippen molar-refractivity contribution in [2.24, 2.45) is 0 Å². The summed E-state index contributed by atoms with van der Waals surface area (Å²) < 4.78 is 44.7. The summed E-state index contributed by atoms with van der Waals surface area (Å²) in [7, 11) is 0. The maximum absolute atomic E-state index is 6.62. The first kappa shape index (κ1) is 60.2. The third-order valence-electron chi connectivity index (χ3n) is 11.3. The fourth-order valence-electron chi connectivity index (χ4n) is 7.21. The Kier molecular flexibility index (Phi) is 51.2. The molecular weight excluding hydrogens is 761 g/mol. The van der Waals surface area contributed by atoms with Crippen molar-refractivity contribution in [2.45, 2.75) is 285 Å². The van der Waals surface area contributed by atoms with Gasteiger partial charge in [0.1, 0.15) is 0 Å². The topological polar surface area (TPSA) is 64.6 Å². The average molecular weight is 867 g/mol. The Labute approximate surface area is 380 Å². The van der Waals surface area contributed by atoms with E-state index < -0.39 is 12.6 Å². The van der Waals surface area contributed by atoms with Crippen LogP contribution < -0.4 is 0 Å². The minimum atomic E-state index is -0.488. The van der Waals surface area contributed by atoms with E-state index in [0.717, 1.165) is 90.6 Å². The van der Waals surface area contributed by atoms with Crippen molar-refractivity contribution >= 4 is 0 Å². The number of rotatable bonds is 52. The molecule has 0 N–H and O–H groups in total. The fraction of sp³-hybridized carbons (Fsp3) is 0.926. The number of allylic oxidation sites excluding steroid dienone is 2. The molecule has 0 aliphatic rings. The molecule has 2 unspecified atom stereocenters. The van der Waals surface area contributed by atoms with Gasteiger partial charge in [-0.25, -0.2) is 0 Å². The first-order valence-corrected chi connectivity index (χ1v) is 26.8. The van der Waals surface area contributed by atoms with Gasteiger partial charge in [0.25, 0.3) is 0 Å². The standard InChI is InChI=1S/C54H106O7/c1-7-13-19-25-35-45-55-51(56-46-36-26-20-14-8-2)41-31-33-43-53(59-49-39-29-23-17-11-5)61-54(60-50-40-30-24-18-12-6)44-34-32-42-52(57-47-37-27-21-15-9-3)58-48-38-28-22-16-10-4/h33-34,43-44,51-54H,7-32,35-42,45-50H2,1-6H3. The highest BCUT2D eigenvalue weighted by molar-refractivity contribution is 4.90. The van der Waals surface area contributed by atoms with E-state index in [1.807, 2.05) is 0 Å². The molecule has 2 atom stereocenters. The van der Waals surface area contributed by atoms with Gasteiger partial charge >= 0.3 is 0 Å². The minimum Gasteiger partial charge on any atom is -0.353 e. The Morgan fingerprint density at radius 1 is 0.279 bits per heavy atom. The molecule has 0 bridgehead atoms. The van der Waals surface area contributed by atoms with Gasteiger partial charge < -0.3 is 33.2 Å². The zero-order valence-electron chi connectivity index (χ0n) is 41.8. The number of hydrogen-bond donors (Lipinski definition) is 0. The van der Waals surface area contributed by atoms with Gasteiger partial charge in [0.2, 0.25) is 0 Å². The van der Waals surface area contributed by atoms with Crippen LogP contribution in [0.5, 0.6) is 0 Å². The average Bonchev–Trinajstić information content (AvgIpc) is 3.27. The lowest BCUT2D eigenvalue weighted by molar-refractivity contribution is -0.208. The van der Waals surface area contributed by atoms with Gasteiger partial charge in [0.05, 0.1) is 13.2 Å². The molecule has 0 fully saturated rings. The maximum atomic E-state index is 6.62. The Bertz CT molecular complexity index is 766. The van der Waals surface area contributed by atoms with Crippen LogP contribution in [0.1, 0.15) is 260 Å². The fourth-order valence-corrected chi connectivity index (χ4v) is 7.21. The van der Waals surface area contributed by atoms with Crippen molar-refractivity contribution in [3.63, 3.8) is 0 Å². The highest BCUT2D eigenvalue weighted by Gasteiger charge is 2.15. The molecule has 0 rings (SSSR count). The van der Waals surface area contributed by atoms with Crippen LogP contribution in [-0.2, 0) is 33.2 Å². The van der Waals surface area contributed by atoms with Crippen LogP contribution in [0.25, 0.3) is 0 Å². The molecule has 0 saturated carbocycles. The lowest BCUT2D eigenvalue weighted by Gasteiger charge is -2.22. The van der Waals surface area contributed by atoms with E-state index >= 15 is 0 Å². The molecule has 0 aliphatic heterocycles. The van der Waals surface area contributed by atoms with Gasteiger partial charge in [-0.2, -0.15) is 0 Å². The van der Waals surface area contributed by atoms with Crippen molar-refractivity contribution < 1.29 is 33.2 Å². The highest BCUT2D eigenvalue weighted by Crippen LogP contribution is 2.16. The molecule has 364 valence electrons. The lowest BCUT2D eigenvalue weighted by atomic mass is 10.2. The number of unbranched alkanes of at least 4 members (excludes halogenated alkanes) is 24. The third-order valence-corrected chi connectivity index (χ3v) is 11.3. The largest absolute Gasteiger partial charge is 0.353 e. The summed E-state index contributed by atoms with van der Waals surface area (Å²) in [5, 5.41) is 0. The number of hydrogen-bond acceptors (Lipinski definition) is 7. The molecule has 7 heteroatoms. The minimum absolute atomic E-state index is 0.175. The van der Waals surface area contributed by atoms with E-state index in [2.05, 4.69) is 65.8 Å². The van der Waals surface area contributed by atoms with Crippen LogP contribution in [-0.4, -0.2) is 64.8 Å². The van der Waals surface area contributed by atoms with Gasteiger partial charge in [-0.1, -0.05) is 208 Å². The van der Waals surface area contributed by atoms with E-state index in [1.54, 1.807) is 0 Å². The second kappa shape index (κ2) is 51.8. The summed E-state index contributed by atoms with van der Waals surface area (Å²) in [5.41, 5.74) is 0. The van der Waals surface area contributed by atoms with Gasteiger partial charge in [-0.15, -0.1) is 0 Å². The van der Waals surface area contributed by atoms with E-state index in [1.165, 1.54) is 154 Å². The monoisotopic (exact) mass is 867 g/mol. The van der Waals surface area contributed by atoms with Crippen molar-refractivity contribution in [1.29, 1.82) is 0 Å². The van der Waals surface area contributed by atoms with Gasteiger partial charge in [0.15, 0.2) is 25.2 Å². The summed E-state index contributed by atoms with van der Waals surface area (Å²) >= 11 is 0. The molecule has 7 nitrogen and oxygen atoms in total. The lowest BCUT2D eigenvalue weighted by Crippen LogP contribution is -2.25. The van der Waals surface area contributed by atoms with Gasteiger partial charge in [-0.3, -0.25) is 0 Å². The normalized spacial score (nSPS) is 13.2. The van der Waals surface area contributed by atoms with Gasteiger partial charge in [-0.05, 0) is 63.5 Å². The first-order valence-electron chi connectivity index (χ1n) is 26.8. The molecule has 0 aliphatic carbocycles. The van der Waals surface area contributed by atoms with Crippen LogP contribution in [0, 0.1) is 0 Å². The number of ether oxygens (including phenoxy) is 7. The summed E-state index contributed by atoms with van der Waals surface area (Å²) in [6.07, 6.45) is 47.2. The quantitative estimate of drug-likeness (QED) is 0.0343. The Balaban J connectivity index is 5.67. The molecule has 0 aromatic rings. The zero-order chi connectivity index (χ0) is 44.4. The first-order chi connectivity index (χ1) is 30.1. The van der Waals surface area contributed by atoms with Crippen LogP contribution in [0.15, 0.2) is 24.3 Å². The summed E-state index contributed by atoms with van der Waals surface area (Å²) in [5.74, 6) is 0. The Morgan fingerprint density at radius 2 is 0.508 bits per heavy atom. The van der Waals surface area contributed by atoms with E-state index in [9.17, 15) is 0 Å². The van der Waals surface area contributed by atoms with Crippen LogP contribution in [0.3, 0.4) is 0 Å². The van der Waals surface area contributed by atoms with Crippen molar-refractivity contribution in [2.75, 3.05) is 39.6 Å².